The summed E-state index contributed by atoms with van der Waals surface area (Å²) in [4.78, 5) is 6.25. The van der Waals surface area contributed by atoms with Gasteiger partial charge in [-0.2, -0.15) is 0 Å². The van der Waals surface area contributed by atoms with Crippen molar-refractivity contribution in [1.82, 2.24) is 9.88 Å². The average molecular weight is 350 g/mol. The van der Waals surface area contributed by atoms with Crippen molar-refractivity contribution in [1.29, 1.82) is 0 Å². The Labute approximate surface area is 154 Å². The highest BCUT2D eigenvalue weighted by molar-refractivity contribution is 5.85. The molecule has 7 rings (SSSR count). The fourth-order valence-electron chi connectivity index (χ4n) is 7.81. The minimum absolute atomic E-state index is 0.117. The average Bonchev–Trinajstić information content (AvgIpc) is 2.88. The number of fused-ring (bicyclic) bond motifs is 5. The minimum Gasteiger partial charge on any atom is -0.357 e. The Morgan fingerprint density at radius 3 is 2.81 bits per heavy atom. The molecule has 4 fully saturated rings. The Kier molecular flexibility index (Phi) is 2.64. The van der Waals surface area contributed by atoms with Gasteiger partial charge in [-0.05, 0) is 62.5 Å². The van der Waals surface area contributed by atoms with Crippen LogP contribution in [0.2, 0.25) is 0 Å². The lowest BCUT2D eigenvalue weighted by Crippen LogP contribution is -2.82. The van der Waals surface area contributed by atoms with Gasteiger partial charge in [-0.25, -0.2) is 4.39 Å². The summed E-state index contributed by atoms with van der Waals surface area (Å²) in [5.41, 5.74) is 3.26. The number of aromatic nitrogens is 1. The van der Waals surface area contributed by atoms with Crippen LogP contribution >= 0.6 is 0 Å². The van der Waals surface area contributed by atoms with Crippen LogP contribution in [0.25, 0.3) is 10.9 Å². The van der Waals surface area contributed by atoms with Crippen LogP contribution < -0.4 is 0 Å². The molecule has 1 aromatic carbocycles. The summed E-state index contributed by atoms with van der Waals surface area (Å²) in [6, 6.07) is 9.43. The Morgan fingerprint density at radius 1 is 1.27 bits per heavy atom. The molecule has 2 bridgehead atoms. The van der Waals surface area contributed by atoms with Crippen molar-refractivity contribution < 1.29 is 4.39 Å². The molecular weight excluding hydrogens is 323 g/mol. The Bertz CT molecular complexity index is 946. The second kappa shape index (κ2) is 4.44. The number of nitrogens with zero attached hydrogens (tertiary/aromatic N) is 1. The summed E-state index contributed by atoms with van der Waals surface area (Å²) < 4.78 is 15.8. The van der Waals surface area contributed by atoms with Gasteiger partial charge in [0, 0.05) is 35.1 Å². The summed E-state index contributed by atoms with van der Waals surface area (Å²) in [6.07, 6.45) is 7.77. The molecule has 1 saturated heterocycles. The summed E-state index contributed by atoms with van der Waals surface area (Å²) in [5.74, 6) is 0.171. The molecule has 4 atom stereocenters. The van der Waals surface area contributed by atoms with Gasteiger partial charge in [-0.1, -0.05) is 30.4 Å². The maximum absolute atomic E-state index is 15.8. The lowest BCUT2D eigenvalue weighted by Gasteiger charge is -2.84. The predicted octanol–water partition coefficient (Wildman–Crippen LogP) is 5.17. The van der Waals surface area contributed by atoms with Crippen LogP contribution in [0.3, 0.4) is 0 Å². The number of piperidine rings is 1. The van der Waals surface area contributed by atoms with Gasteiger partial charge in [0.25, 0.3) is 0 Å². The molecule has 2 unspecified atom stereocenters. The number of allylic oxidation sites excluding steroid dienone is 2. The van der Waals surface area contributed by atoms with Crippen molar-refractivity contribution in [2.45, 2.75) is 57.8 Å². The lowest BCUT2D eigenvalue weighted by atomic mass is 9.23. The van der Waals surface area contributed by atoms with Gasteiger partial charge >= 0.3 is 0 Å². The molecule has 3 heterocycles. The number of hydrogen-bond acceptors (Lipinski definition) is 1. The molecule has 1 spiro atoms. The molecule has 5 aliphatic rings. The maximum Gasteiger partial charge on any atom is 0.125 e. The van der Waals surface area contributed by atoms with E-state index in [0.717, 1.165) is 19.3 Å². The van der Waals surface area contributed by atoms with Gasteiger partial charge in [0.05, 0.1) is 6.04 Å². The number of nitrogens with one attached hydrogen (secondary N) is 1. The molecule has 1 N–H and O–H groups in total. The van der Waals surface area contributed by atoms with E-state index in [9.17, 15) is 0 Å². The van der Waals surface area contributed by atoms with Crippen molar-refractivity contribution in [3.63, 3.8) is 0 Å². The number of hydrogen-bond donors (Lipinski definition) is 1. The number of rotatable bonds is 1. The second-order valence-corrected chi connectivity index (χ2v) is 9.72. The normalized spacial score (nSPS) is 46.4. The van der Waals surface area contributed by atoms with Gasteiger partial charge in [0.2, 0.25) is 0 Å². The lowest BCUT2D eigenvalue weighted by molar-refractivity contribution is -0.355. The molecule has 0 amide bonds. The third kappa shape index (κ3) is 1.51. The van der Waals surface area contributed by atoms with E-state index >= 15 is 4.39 Å². The van der Waals surface area contributed by atoms with E-state index in [1.807, 2.05) is 6.92 Å². The zero-order chi connectivity index (χ0) is 17.9. The topological polar surface area (TPSA) is 19.0 Å². The van der Waals surface area contributed by atoms with Gasteiger partial charge in [-0.15, -0.1) is 0 Å². The number of halogens is 1. The largest absolute Gasteiger partial charge is 0.357 e. The highest BCUT2D eigenvalue weighted by Gasteiger charge is 2.83. The van der Waals surface area contributed by atoms with Crippen molar-refractivity contribution in [3.05, 3.63) is 47.7 Å². The van der Waals surface area contributed by atoms with Gasteiger partial charge in [0.1, 0.15) is 5.67 Å². The molecule has 26 heavy (non-hydrogen) atoms. The predicted molar refractivity (Wildman–Crippen MR) is 103 cm³/mol. The summed E-state index contributed by atoms with van der Waals surface area (Å²) >= 11 is 0. The molecule has 2 aliphatic heterocycles. The SMILES string of the molecule is C/C=C/C12CC3(C1)C2C(C)(F)CN1[C@H](C)Cc2c([nH]c4ccccc24)[C@H]13. The summed E-state index contributed by atoms with van der Waals surface area (Å²) in [6.45, 7) is 6.81. The van der Waals surface area contributed by atoms with E-state index in [1.54, 1.807) is 0 Å². The number of H-pyrrole nitrogens is 1. The van der Waals surface area contributed by atoms with Crippen LogP contribution in [0.15, 0.2) is 36.4 Å². The van der Waals surface area contributed by atoms with Gasteiger partial charge in [0.15, 0.2) is 0 Å². The third-order valence-corrected chi connectivity index (χ3v) is 8.12. The van der Waals surface area contributed by atoms with E-state index in [-0.39, 0.29) is 16.7 Å². The third-order valence-electron chi connectivity index (χ3n) is 8.12. The molecular formula is C23H27FN2. The van der Waals surface area contributed by atoms with Crippen LogP contribution in [-0.4, -0.2) is 28.1 Å². The summed E-state index contributed by atoms with van der Waals surface area (Å²) in [7, 11) is 0. The van der Waals surface area contributed by atoms with Crippen LogP contribution in [-0.2, 0) is 6.42 Å². The Balaban J connectivity index is 1.54. The smallest absolute Gasteiger partial charge is 0.125 e. The van der Waals surface area contributed by atoms with Gasteiger partial charge < -0.3 is 4.98 Å². The first-order valence-electron chi connectivity index (χ1n) is 10.1. The number of benzene rings is 1. The van der Waals surface area contributed by atoms with E-state index in [0.29, 0.717) is 18.6 Å². The quantitative estimate of drug-likeness (QED) is 0.703. The number of alkyl halides is 1. The van der Waals surface area contributed by atoms with Crippen molar-refractivity contribution in [2.75, 3.05) is 6.54 Å². The van der Waals surface area contributed by atoms with E-state index < -0.39 is 5.67 Å². The first-order valence-corrected chi connectivity index (χ1v) is 10.1. The number of aromatic amines is 1. The summed E-state index contributed by atoms with van der Waals surface area (Å²) in [5, 5.41) is 1.37. The Hall–Kier alpha value is -1.61. The van der Waals surface area contributed by atoms with E-state index in [4.69, 9.17) is 0 Å². The molecule has 136 valence electrons. The van der Waals surface area contributed by atoms with Crippen LogP contribution in [0.4, 0.5) is 4.39 Å². The van der Waals surface area contributed by atoms with Crippen LogP contribution in [0.5, 0.6) is 0 Å². The van der Waals surface area contributed by atoms with Crippen molar-refractivity contribution in [3.8, 4) is 0 Å². The highest BCUT2D eigenvalue weighted by Crippen LogP contribution is 2.86. The molecule has 1 aromatic heterocycles. The molecule has 2 nitrogen and oxygen atoms in total. The first kappa shape index (κ1) is 15.4. The zero-order valence-corrected chi connectivity index (χ0v) is 15.8. The standard InChI is InChI=1S/C23H27FN2/c1-4-9-22-11-23(12-22)19-18-16(15-7-5-6-8-17(15)25-18)10-14(2)26(19)13-21(3,24)20(22)23/h4-9,14,19-20,25H,10-13H2,1-3H3/b9-4+/t14-,19+,20?,21?,22?,23?/m1/s1. The molecule has 3 saturated carbocycles. The number of para-hydroxylation sites is 1. The fourth-order valence-corrected chi connectivity index (χ4v) is 7.81. The maximum atomic E-state index is 15.8. The van der Waals surface area contributed by atoms with Crippen molar-refractivity contribution in [2.24, 2.45) is 16.7 Å². The van der Waals surface area contributed by atoms with E-state index in [2.05, 4.69) is 60.1 Å². The first-order chi connectivity index (χ1) is 12.4. The molecule has 3 aliphatic carbocycles. The second-order valence-electron chi connectivity index (χ2n) is 9.72. The minimum atomic E-state index is -1.09. The monoisotopic (exact) mass is 350 g/mol. The van der Waals surface area contributed by atoms with Crippen molar-refractivity contribution >= 4 is 10.9 Å². The molecule has 2 aromatic rings. The molecule has 0 radical (unpaired) electrons. The Morgan fingerprint density at radius 2 is 2.04 bits per heavy atom. The van der Waals surface area contributed by atoms with E-state index in [1.165, 1.54) is 22.2 Å². The zero-order valence-electron chi connectivity index (χ0n) is 15.8. The molecule has 3 heteroatoms. The fraction of sp³-hybridized carbons (Fsp3) is 0.565. The van der Waals surface area contributed by atoms with Gasteiger partial charge in [-0.3, -0.25) is 4.90 Å². The van der Waals surface area contributed by atoms with Crippen LogP contribution in [0, 0.1) is 16.7 Å². The van der Waals surface area contributed by atoms with Crippen LogP contribution in [0.1, 0.15) is 50.9 Å². The highest BCUT2D eigenvalue weighted by atomic mass is 19.1.